The summed E-state index contributed by atoms with van der Waals surface area (Å²) in [4.78, 5) is 0. The third-order valence-electron chi connectivity index (χ3n) is 6.44. The summed E-state index contributed by atoms with van der Waals surface area (Å²) in [6, 6.07) is 25.2. The van der Waals surface area contributed by atoms with Gasteiger partial charge in [-0.25, -0.2) is 0 Å². The zero-order chi connectivity index (χ0) is 25.1. The maximum atomic E-state index is 6.27. The fourth-order valence-electron chi connectivity index (χ4n) is 4.63. The van der Waals surface area contributed by atoms with Gasteiger partial charge in [0.2, 0.25) is 0 Å². The Hall–Kier alpha value is -3.16. The monoisotopic (exact) mass is 502 g/mol. The van der Waals surface area contributed by atoms with E-state index in [9.17, 15) is 0 Å². The Morgan fingerprint density at radius 3 is 1.19 bits per heavy atom. The van der Waals surface area contributed by atoms with Crippen LogP contribution in [0.3, 0.4) is 0 Å². The van der Waals surface area contributed by atoms with E-state index in [0.717, 1.165) is 22.6 Å². The molecule has 0 atom stereocenters. The van der Waals surface area contributed by atoms with Gasteiger partial charge < -0.3 is 28.4 Å². The molecular formula is C31H34O6. The Kier molecular flexibility index (Phi) is 9.23. The molecule has 194 valence electrons. The van der Waals surface area contributed by atoms with E-state index in [2.05, 4.69) is 72.8 Å². The van der Waals surface area contributed by atoms with Crippen molar-refractivity contribution < 1.29 is 28.4 Å². The Morgan fingerprint density at radius 2 is 0.757 bits per heavy atom. The highest BCUT2D eigenvalue weighted by atomic mass is 16.6. The van der Waals surface area contributed by atoms with Gasteiger partial charge in [-0.1, -0.05) is 60.7 Å². The van der Waals surface area contributed by atoms with Crippen molar-refractivity contribution in [1.29, 1.82) is 0 Å². The van der Waals surface area contributed by atoms with E-state index < -0.39 is 0 Å². The molecule has 1 aliphatic rings. The highest BCUT2D eigenvalue weighted by Crippen LogP contribution is 2.36. The van der Waals surface area contributed by atoms with Crippen molar-refractivity contribution in [2.75, 3.05) is 66.1 Å². The smallest absolute Gasteiger partial charge is 0.123 e. The molecule has 0 amide bonds. The van der Waals surface area contributed by atoms with E-state index >= 15 is 0 Å². The van der Waals surface area contributed by atoms with Crippen LogP contribution in [-0.2, 0) is 25.4 Å². The molecule has 6 heteroatoms. The van der Waals surface area contributed by atoms with Crippen LogP contribution in [0.25, 0.3) is 21.5 Å². The second-order valence-electron chi connectivity index (χ2n) is 8.85. The predicted molar refractivity (Wildman–Crippen MR) is 145 cm³/mol. The van der Waals surface area contributed by atoms with Crippen molar-refractivity contribution in [1.82, 2.24) is 0 Å². The summed E-state index contributed by atoms with van der Waals surface area (Å²) in [7, 11) is 0. The fraction of sp³-hybridized carbons (Fsp3) is 0.355. The van der Waals surface area contributed by atoms with Gasteiger partial charge in [0, 0.05) is 17.5 Å². The van der Waals surface area contributed by atoms with Crippen molar-refractivity contribution in [3.8, 4) is 11.5 Å². The van der Waals surface area contributed by atoms with Gasteiger partial charge in [0.25, 0.3) is 0 Å². The Morgan fingerprint density at radius 1 is 0.378 bits per heavy atom. The fourth-order valence-corrected chi connectivity index (χ4v) is 4.63. The van der Waals surface area contributed by atoms with Gasteiger partial charge in [0.15, 0.2) is 0 Å². The molecule has 0 bridgehead atoms. The second-order valence-corrected chi connectivity index (χ2v) is 8.85. The molecule has 0 spiro atoms. The zero-order valence-electron chi connectivity index (χ0n) is 21.2. The molecule has 0 saturated carbocycles. The molecule has 0 unspecified atom stereocenters. The predicted octanol–water partition coefficient (Wildman–Crippen LogP) is 5.42. The topological polar surface area (TPSA) is 55.4 Å². The van der Waals surface area contributed by atoms with E-state index in [-0.39, 0.29) is 0 Å². The molecule has 0 saturated heterocycles. The maximum Gasteiger partial charge on any atom is 0.123 e. The van der Waals surface area contributed by atoms with E-state index in [1.54, 1.807) is 0 Å². The number of hydrogen-bond acceptors (Lipinski definition) is 6. The number of fused-ring (bicyclic) bond motifs is 6. The standard InChI is InChI=1S/C31H34O6/c1-3-7-26-24(5-1)9-11-30-28(26)23-29-27-8-4-2-6-25(27)10-12-31(29)37-22-20-35-18-16-33-14-13-32-15-17-34-19-21-36-30/h1-12H,13-23H2. The van der Waals surface area contributed by atoms with Crippen LogP contribution in [0.5, 0.6) is 11.5 Å². The van der Waals surface area contributed by atoms with Gasteiger partial charge in [0.05, 0.1) is 52.9 Å². The number of ether oxygens (including phenoxy) is 6. The van der Waals surface area contributed by atoms with E-state index in [0.29, 0.717) is 72.5 Å². The highest BCUT2D eigenvalue weighted by molar-refractivity contribution is 5.91. The van der Waals surface area contributed by atoms with E-state index in [4.69, 9.17) is 28.4 Å². The average molecular weight is 503 g/mol. The van der Waals surface area contributed by atoms with Gasteiger partial charge in [-0.15, -0.1) is 0 Å². The van der Waals surface area contributed by atoms with Crippen LogP contribution in [0, 0.1) is 0 Å². The minimum absolute atomic E-state index is 0.463. The normalized spacial score (nSPS) is 17.1. The minimum Gasteiger partial charge on any atom is -0.491 e. The average Bonchev–Trinajstić information content (AvgIpc) is 2.94. The minimum atomic E-state index is 0.463. The summed E-state index contributed by atoms with van der Waals surface area (Å²) in [6.45, 7) is 5.09. The van der Waals surface area contributed by atoms with Crippen molar-refractivity contribution >= 4 is 21.5 Å². The number of hydrogen-bond donors (Lipinski definition) is 0. The Labute approximate surface area is 218 Å². The van der Waals surface area contributed by atoms with E-state index in [1.165, 1.54) is 21.5 Å². The lowest BCUT2D eigenvalue weighted by atomic mass is 9.93. The first-order valence-corrected chi connectivity index (χ1v) is 13.0. The summed E-state index contributed by atoms with van der Waals surface area (Å²) in [6.07, 6.45) is 0.677. The summed E-state index contributed by atoms with van der Waals surface area (Å²) in [5.74, 6) is 1.73. The summed E-state index contributed by atoms with van der Waals surface area (Å²) < 4.78 is 35.1. The van der Waals surface area contributed by atoms with Crippen LogP contribution in [0.2, 0.25) is 0 Å². The third-order valence-corrected chi connectivity index (χ3v) is 6.44. The molecule has 0 radical (unpaired) electrons. The van der Waals surface area contributed by atoms with E-state index in [1.807, 2.05) is 0 Å². The third kappa shape index (κ3) is 6.79. The first-order chi connectivity index (χ1) is 18.4. The van der Waals surface area contributed by atoms with Crippen LogP contribution >= 0.6 is 0 Å². The van der Waals surface area contributed by atoms with Crippen LogP contribution < -0.4 is 9.47 Å². The molecule has 6 nitrogen and oxygen atoms in total. The van der Waals surface area contributed by atoms with Crippen molar-refractivity contribution in [2.24, 2.45) is 0 Å². The molecule has 0 aromatic heterocycles. The second kappa shape index (κ2) is 13.4. The first-order valence-electron chi connectivity index (χ1n) is 13.0. The SMILES string of the molecule is c1ccc2c3c(ccc2c1)OCCOCCOCCOCCOCCOc1ccc2ccccc2c1C3. The quantitative estimate of drug-likeness (QED) is 0.320. The molecule has 1 aliphatic heterocycles. The summed E-state index contributed by atoms with van der Waals surface area (Å²) in [5, 5.41) is 4.72. The molecule has 0 fully saturated rings. The number of rotatable bonds is 0. The zero-order valence-corrected chi connectivity index (χ0v) is 21.2. The molecular weight excluding hydrogens is 468 g/mol. The lowest BCUT2D eigenvalue weighted by Gasteiger charge is -2.18. The molecule has 37 heavy (non-hydrogen) atoms. The van der Waals surface area contributed by atoms with Crippen LogP contribution in [0.4, 0.5) is 0 Å². The molecule has 4 aromatic rings. The molecule has 4 aromatic carbocycles. The van der Waals surface area contributed by atoms with Gasteiger partial charge in [-0.3, -0.25) is 0 Å². The lowest BCUT2D eigenvalue weighted by molar-refractivity contribution is -0.00696. The molecule has 0 aliphatic carbocycles. The van der Waals surface area contributed by atoms with Crippen molar-refractivity contribution in [3.63, 3.8) is 0 Å². The van der Waals surface area contributed by atoms with Crippen LogP contribution in [0.1, 0.15) is 11.1 Å². The molecule has 0 N–H and O–H groups in total. The largest absolute Gasteiger partial charge is 0.491 e. The highest BCUT2D eigenvalue weighted by Gasteiger charge is 2.16. The van der Waals surface area contributed by atoms with Crippen LogP contribution in [-0.4, -0.2) is 66.1 Å². The summed E-state index contributed by atoms with van der Waals surface area (Å²) >= 11 is 0. The Balaban J connectivity index is 1.47. The maximum absolute atomic E-state index is 6.27. The molecule has 5 rings (SSSR count). The first kappa shape index (κ1) is 25.5. The van der Waals surface area contributed by atoms with Gasteiger partial charge >= 0.3 is 0 Å². The Bertz CT molecular complexity index is 1190. The van der Waals surface area contributed by atoms with Crippen molar-refractivity contribution in [2.45, 2.75) is 6.42 Å². The van der Waals surface area contributed by atoms with Gasteiger partial charge in [-0.05, 0) is 33.7 Å². The lowest BCUT2D eigenvalue weighted by Crippen LogP contribution is -2.14. The summed E-state index contributed by atoms with van der Waals surface area (Å²) in [5.41, 5.74) is 2.28. The van der Waals surface area contributed by atoms with Gasteiger partial charge in [-0.2, -0.15) is 0 Å². The molecule has 1 heterocycles. The number of benzene rings is 4. The van der Waals surface area contributed by atoms with Gasteiger partial charge in [0.1, 0.15) is 24.7 Å². The van der Waals surface area contributed by atoms with Crippen LogP contribution in [0.15, 0.2) is 72.8 Å². The van der Waals surface area contributed by atoms with Crippen molar-refractivity contribution in [3.05, 3.63) is 83.9 Å².